The molecule has 0 radical (unpaired) electrons. The van der Waals surface area contributed by atoms with Crippen LogP contribution in [0.1, 0.15) is 138 Å². The molecule has 0 unspecified atom stereocenters. The number of nitrogens with zero attached hydrogens (tertiary/aromatic N) is 3. The van der Waals surface area contributed by atoms with Crippen molar-refractivity contribution in [2.45, 2.75) is 143 Å². The van der Waals surface area contributed by atoms with Crippen molar-refractivity contribution in [1.82, 2.24) is 20.2 Å². The zero-order valence-electron chi connectivity index (χ0n) is 35.2. The minimum Gasteiger partial charge on any atom is -0.481 e. The average Bonchev–Trinajstić information content (AvgIpc) is 3.55. The molecule has 7 nitrogen and oxygen atoms in total. The van der Waals surface area contributed by atoms with Crippen LogP contribution >= 0.6 is 0 Å². The lowest BCUT2D eigenvalue weighted by Gasteiger charge is -2.72. The Morgan fingerprint density at radius 2 is 1.75 bits per heavy atom. The van der Waals surface area contributed by atoms with Gasteiger partial charge in [-0.25, -0.2) is 9.97 Å². The number of rotatable bonds is 10. The molecule has 2 heterocycles. The van der Waals surface area contributed by atoms with E-state index in [1.165, 1.54) is 113 Å². The van der Waals surface area contributed by atoms with Gasteiger partial charge in [0.2, 0.25) is 5.88 Å². The Bertz CT molecular complexity index is 1680. The van der Waals surface area contributed by atoms with E-state index in [1.54, 1.807) is 12.3 Å². The summed E-state index contributed by atoms with van der Waals surface area (Å²) in [5.41, 5.74) is 4.57. The second kappa shape index (κ2) is 14.4. The summed E-state index contributed by atoms with van der Waals surface area (Å²) in [6.07, 6.45) is 25.7. The third kappa shape index (κ3) is 6.30. The van der Waals surface area contributed by atoms with Crippen molar-refractivity contribution in [3.8, 4) is 5.88 Å². The Morgan fingerprint density at radius 3 is 2.44 bits per heavy atom. The number of carbonyl (C=O) groups is 1. The summed E-state index contributed by atoms with van der Waals surface area (Å²) in [4.78, 5) is 23.5. The van der Waals surface area contributed by atoms with Gasteiger partial charge in [-0.1, -0.05) is 65.3 Å². The Morgan fingerprint density at radius 1 is 0.945 bits per heavy atom. The van der Waals surface area contributed by atoms with E-state index in [0.717, 1.165) is 25.3 Å². The minimum absolute atomic E-state index is 0.0368. The quantitative estimate of drug-likeness (QED) is 0.230. The van der Waals surface area contributed by atoms with E-state index in [9.17, 15) is 9.90 Å². The van der Waals surface area contributed by atoms with Gasteiger partial charge >= 0.3 is 5.97 Å². The predicted molar refractivity (Wildman–Crippen MR) is 221 cm³/mol. The fourth-order valence-corrected chi connectivity index (χ4v) is 15.4. The molecule has 7 heteroatoms. The van der Waals surface area contributed by atoms with E-state index in [0.29, 0.717) is 53.2 Å². The van der Waals surface area contributed by atoms with E-state index in [-0.39, 0.29) is 23.0 Å². The summed E-state index contributed by atoms with van der Waals surface area (Å²) in [5, 5.41) is 14.8. The number of hydrogen-bond donors (Lipinski definition) is 2. The molecule has 7 aliphatic rings. The number of nitrogens with one attached hydrogen (secondary N) is 1. The minimum atomic E-state index is -0.939. The molecule has 1 aromatic heterocycles. The number of hydrogen-bond acceptors (Lipinski definition) is 6. The van der Waals surface area contributed by atoms with Crippen LogP contribution in [0, 0.1) is 56.7 Å². The maximum atomic E-state index is 12.7. The first-order valence-corrected chi connectivity index (χ1v) is 22.3. The van der Waals surface area contributed by atoms with E-state index in [1.807, 2.05) is 0 Å². The normalized spacial score (nSPS) is 42.5. The van der Waals surface area contributed by atoms with Gasteiger partial charge in [-0.2, -0.15) is 0 Å². The largest absolute Gasteiger partial charge is 0.481 e. The Kier molecular flexibility index (Phi) is 10.3. The third-order valence-corrected chi connectivity index (χ3v) is 18.5. The lowest BCUT2D eigenvalue weighted by atomic mass is 9.33. The molecule has 0 aromatic carbocycles. The van der Waals surface area contributed by atoms with Crippen LogP contribution in [0.2, 0.25) is 0 Å². The van der Waals surface area contributed by atoms with Crippen LogP contribution in [0.4, 0.5) is 0 Å². The predicted octanol–water partition coefficient (Wildman–Crippen LogP) is 10.1. The summed E-state index contributed by atoms with van der Waals surface area (Å²) >= 11 is 0. The summed E-state index contributed by atoms with van der Waals surface area (Å²) in [5.74, 6) is 3.06. The van der Waals surface area contributed by atoms with Gasteiger partial charge in [-0.3, -0.25) is 4.79 Å². The first-order chi connectivity index (χ1) is 26.2. The van der Waals surface area contributed by atoms with E-state index in [2.05, 4.69) is 80.5 Å². The number of allylic oxidation sites excluding steroid dienone is 5. The highest BCUT2D eigenvalue weighted by Gasteiger charge is 2.70. The number of ether oxygens (including phenoxy) is 1. The lowest BCUT2D eigenvalue weighted by molar-refractivity contribution is -0.221. The fourth-order valence-electron chi connectivity index (χ4n) is 15.4. The molecule has 6 aliphatic carbocycles. The molecule has 0 spiro atoms. The third-order valence-electron chi connectivity index (χ3n) is 18.5. The maximum Gasteiger partial charge on any atom is 0.313 e. The molecule has 302 valence electrons. The Balaban J connectivity index is 1.02. The molecule has 0 amide bonds. The fraction of sp³-hybridized carbons (Fsp3) is 0.771. The second-order valence-corrected chi connectivity index (χ2v) is 21.1. The van der Waals surface area contributed by atoms with Crippen LogP contribution in [0.5, 0.6) is 5.88 Å². The highest BCUT2D eigenvalue weighted by atomic mass is 16.5. The van der Waals surface area contributed by atoms with E-state index < -0.39 is 11.4 Å². The number of piperidine rings is 1. The molecule has 2 N–H and O–H groups in total. The van der Waals surface area contributed by atoms with Gasteiger partial charge in [0.25, 0.3) is 0 Å². The number of carboxylic acids is 1. The van der Waals surface area contributed by atoms with E-state index in [4.69, 9.17) is 4.74 Å². The zero-order valence-corrected chi connectivity index (χ0v) is 35.2. The van der Waals surface area contributed by atoms with Crippen LogP contribution in [0.25, 0.3) is 0 Å². The Hall–Kier alpha value is -2.51. The lowest BCUT2D eigenvalue weighted by Crippen LogP contribution is -2.68. The van der Waals surface area contributed by atoms with Crippen LogP contribution in [0.3, 0.4) is 0 Å². The zero-order chi connectivity index (χ0) is 38.9. The summed E-state index contributed by atoms with van der Waals surface area (Å²) in [6.45, 7) is 25.3. The molecule has 5 fully saturated rings. The van der Waals surface area contributed by atoms with Crippen LogP contribution in [0.15, 0.2) is 54.0 Å². The van der Waals surface area contributed by atoms with Crippen LogP contribution in [-0.2, 0) is 4.79 Å². The standard InChI is InChI=1S/C48H72N4O3/c1-33(2)35-15-23-48(51-27-30-52-28-9-8-10-29-52)25-24-45(6)37(41(35)48)11-12-39-44(5)19-16-36(43(3,4)38(44)17-20-46(39,45)7)34-13-21-47(22-14-34,42(53)54)31-55-40-18-26-49-32-50-40/h13,16,18,26,32,35,37-39,41,51H,1,8-12,14-15,17,19-25,27-31H2,2-7H3,(H,53,54)/t35-,37+,38-,39+,41+,44-,45+,46+,47-,48-/m0/s1. The molecular formula is C48H72N4O3. The molecule has 1 aromatic rings. The highest BCUT2D eigenvalue weighted by Crippen LogP contribution is 2.76. The van der Waals surface area contributed by atoms with Crippen LogP contribution in [-0.4, -0.2) is 64.3 Å². The molecule has 4 saturated carbocycles. The second-order valence-electron chi connectivity index (χ2n) is 21.1. The molecule has 1 saturated heterocycles. The van der Waals surface area contributed by atoms with Crippen molar-refractivity contribution in [1.29, 1.82) is 0 Å². The average molecular weight is 753 g/mol. The van der Waals surface area contributed by atoms with Crippen molar-refractivity contribution in [3.63, 3.8) is 0 Å². The van der Waals surface area contributed by atoms with Crippen molar-refractivity contribution in [3.05, 3.63) is 54.0 Å². The van der Waals surface area contributed by atoms with Gasteiger partial charge in [0.05, 0.1) is 0 Å². The maximum absolute atomic E-state index is 12.7. The van der Waals surface area contributed by atoms with Gasteiger partial charge in [0, 0.05) is 30.9 Å². The van der Waals surface area contributed by atoms with Gasteiger partial charge in [0.1, 0.15) is 18.3 Å². The van der Waals surface area contributed by atoms with Crippen molar-refractivity contribution >= 4 is 5.97 Å². The smallest absolute Gasteiger partial charge is 0.313 e. The highest BCUT2D eigenvalue weighted by molar-refractivity contribution is 5.75. The van der Waals surface area contributed by atoms with Crippen molar-refractivity contribution in [2.24, 2.45) is 56.7 Å². The van der Waals surface area contributed by atoms with Crippen LogP contribution < -0.4 is 10.1 Å². The first-order valence-electron chi connectivity index (χ1n) is 22.3. The van der Waals surface area contributed by atoms with Crippen molar-refractivity contribution < 1.29 is 14.6 Å². The molecule has 1 aliphatic heterocycles. The topological polar surface area (TPSA) is 87.6 Å². The number of carboxylic acid groups (broad SMARTS) is 1. The number of likely N-dealkylation sites (tertiary alicyclic amines) is 1. The summed E-state index contributed by atoms with van der Waals surface area (Å²) in [6, 6.07) is 1.69. The molecule has 0 bridgehead atoms. The Labute approximate surface area is 332 Å². The molecule has 10 atom stereocenters. The van der Waals surface area contributed by atoms with Gasteiger partial charge in [-0.05, 0) is 172 Å². The number of aliphatic carboxylic acids is 1. The summed E-state index contributed by atoms with van der Waals surface area (Å²) in [7, 11) is 0. The van der Waals surface area contributed by atoms with E-state index >= 15 is 0 Å². The first kappa shape index (κ1) is 39.3. The summed E-state index contributed by atoms with van der Waals surface area (Å²) < 4.78 is 5.92. The molecule has 8 rings (SSSR count). The van der Waals surface area contributed by atoms with Crippen molar-refractivity contribution in [2.75, 3.05) is 32.8 Å². The number of aromatic nitrogens is 2. The SMILES string of the molecule is C=C(C)[C@@H]1CC[C@]2(NCCN3CCCCC3)CC[C@]3(C)[C@H](CC[C@@H]4[C@@]5(C)CC=C(C6=CC[C@](COc7ccncn7)(C(=O)O)CC6)C(C)(C)[C@@H]5CC[C@]43C)[C@@H]12. The van der Waals surface area contributed by atoms with Gasteiger partial charge < -0.3 is 20.1 Å². The number of fused-ring (bicyclic) bond motifs is 7. The van der Waals surface area contributed by atoms with Gasteiger partial charge in [-0.15, -0.1) is 0 Å². The monoisotopic (exact) mass is 753 g/mol. The molecule has 55 heavy (non-hydrogen) atoms. The molecular weight excluding hydrogens is 681 g/mol. The van der Waals surface area contributed by atoms with Gasteiger partial charge in [0.15, 0.2) is 0 Å².